The number of rotatable bonds is 8. The van der Waals surface area contributed by atoms with Crippen molar-refractivity contribution in [1.82, 2.24) is 20.2 Å². The highest BCUT2D eigenvalue weighted by Crippen LogP contribution is 2.38. The van der Waals surface area contributed by atoms with E-state index in [1.165, 1.54) is 18.2 Å². The number of amides is 2. The summed E-state index contributed by atoms with van der Waals surface area (Å²) in [6.45, 7) is -0.421. The summed E-state index contributed by atoms with van der Waals surface area (Å²) in [6.07, 6.45) is 0.662. The first-order chi connectivity index (χ1) is 17.6. The van der Waals surface area contributed by atoms with Gasteiger partial charge < -0.3 is 15.4 Å². The zero-order valence-corrected chi connectivity index (χ0v) is 20.6. The van der Waals surface area contributed by atoms with Gasteiger partial charge >= 0.3 is 13.9 Å². The Labute approximate surface area is 213 Å². The van der Waals surface area contributed by atoms with Crippen molar-refractivity contribution in [2.45, 2.75) is 25.5 Å². The number of carbonyl (C=O) groups excluding carboxylic acids is 2. The number of fused-ring (bicyclic) bond motifs is 1. The fourth-order valence-corrected chi connectivity index (χ4v) is 4.22. The van der Waals surface area contributed by atoms with E-state index in [-0.39, 0.29) is 27.7 Å². The van der Waals surface area contributed by atoms with Crippen molar-refractivity contribution in [2.75, 3.05) is 12.4 Å². The van der Waals surface area contributed by atoms with Gasteiger partial charge in [0.2, 0.25) is 0 Å². The molecule has 0 aliphatic heterocycles. The largest absolute Gasteiger partial charge is 0.547 e. The van der Waals surface area contributed by atoms with Crippen molar-refractivity contribution in [3.63, 3.8) is 0 Å². The summed E-state index contributed by atoms with van der Waals surface area (Å²) in [6, 6.07) is 5.37. The maximum absolute atomic E-state index is 14.7. The van der Waals surface area contributed by atoms with Crippen LogP contribution in [0.4, 0.5) is 19.3 Å². The maximum Gasteiger partial charge on any atom is 0.547 e. The Kier molecular flexibility index (Phi) is 7.73. The number of nitrogens with one attached hydrogen (secondary N) is 2. The number of nitrogens with zero attached hydrogens (tertiary/aromatic N) is 3. The normalized spacial score (nSPS) is 16.0. The average Bonchev–Trinajstić information content (AvgIpc) is 3.47. The third kappa shape index (κ3) is 6.23. The van der Waals surface area contributed by atoms with Crippen LogP contribution in [-0.4, -0.2) is 38.9 Å². The van der Waals surface area contributed by atoms with E-state index in [9.17, 15) is 27.8 Å². The first kappa shape index (κ1) is 26.5. The average molecular weight is 558 g/mol. The Morgan fingerprint density at radius 2 is 2.03 bits per heavy atom. The molecule has 2 atom stereocenters. The molecule has 1 aromatic heterocycles. The Hall–Kier alpha value is -3.58. The highest BCUT2D eigenvalue weighted by Gasteiger charge is 2.31. The van der Waals surface area contributed by atoms with Gasteiger partial charge in [0.1, 0.15) is 11.6 Å². The van der Waals surface area contributed by atoms with Gasteiger partial charge in [-0.1, -0.05) is 16.4 Å². The van der Waals surface area contributed by atoms with Crippen LogP contribution < -0.4 is 15.3 Å². The van der Waals surface area contributed by atoms with E-state index in [1.54, 1.807) is 0 Å². The van der Waals surface area contributed by atoms with Crippen LogP contribution in [0.15, 0.2) is 36.7 Å². The number of halogens is 3. The van der Waals surface area contributed by atoms with Crippen molar-refractivity contribution < 1.29 is 41.7 Å². The number of hydrogen-bond acceptors (Lipinski definition) is 8. The smallest absolute Gasteiger partial charge is 0.441 e. The molecule has 0 saturated heterocycles. The van der Waals surface area contributed by atoms with Gasteiger partial charge in [0, 0.05) is 23.9 Å². The third-order valence-electron chi connectivity index (χ3n) is 5.32. The summed E-state index contributed by atoms with van der Waals surface area (Å²) >= 11 is 5.75. The number of aromatic nitrogens is 3. The second kappa shape index (κ2) is 10.8. The first-order valence-electron chi connectivity index (χ1n) is 10.6. The zero-order valence-electron chi connectivity index (χ0n) is 19.0. The Bertz CT molecular complexity index is 1410. The lowest BCUT2D eigenvalue weighted by molar-refractivity contribution is 0.102. The molecule has 3 aromatic rings. The van der Waals surface area contributed by atoms with E-state index in [0.29, 0.717) is 23.3 Å². The molecule has 2 aromatic carbocycles. The Balaban J connectivity index is 1.40. The van der Waals surface area contributed by atoms with Crippen molar-refractivity contribution >= 4 is 37.1 Å². The second-order valence-electron chi connectivity index (χ2n) is 7.68. The van der Waals surface area contributed by atoms with Gasteiger partial charge in [0.15, 0.2) is 18.8 Å². The fourth-order valence-electron chi connectivity index (χ4n) is 3.68. The van der Waals surface area contributed by atoms with Crippen molar-refractivity contribution in [2.24, 2.45) is 0 Å². The van der Waals surface area contributed by atoms with Crippen LogP contribution >= 0.6 is 19.4 Å². The highest BCUT2D eigenvalue weighted by molar-refractivity contribution is 7.47. The number of anilines is 1. The molecular formula is C21H19ClF2N5O7P. The first-order valence-corrected chi connectivity index (χ1v) is 12.4. The number of ether oxygens (including phenoxy) is 1. The highest BCUT2D eigenvalue weighted by atomic mass is 35.5. The van der Waals surface area contributed by atoms with Crippen molar-refractivity contribution in [3.05, 3.63) is 75.8 Å². The molecule has 12 nitrogen and oxygen atoms in total. The number of benzene rings is 2. The molecule has 4 rings (SSSR count). The molecule has 0 spiro atoms. The SMILES string of the molecule is COP(=O)(O)On1cnc(COC(=O)N[C@H]2CCc3c(C(=O)Nc4ccc(F)c(Cl)c4)ccc(F)c32)n1. The molecule has 3 N–H and O–H groups in total. The molecule has 16 heteroatoms. The molecule has 1 unspecified atom stereocenters. The summed E-state index contributed by atoms with van der Waals surface area (Å²) in [5, 5.41) is 8.68. The summed E-state index contributed by atoms with van der Waals surface area (Å²) in [5.41, 5.74) is 1.02. The minimum absolute atomic E-state index is 0.0518. The number of alkyl carbamates (subject to hydrolysis) is 1. The number of carbonyl (C=O) groups is 2. The molecular weight excluding hydrogens is 539 g/mol. The lowest BCUT2D eigenvalue weighted by Gasteiger charge is -2.16. The lowest BCUT2D eigenvalue weighted by atomic mass is 10.0. The van der Waals surface area contributed by atoms with Gasteiger partial charge in [0.25, 0.3) is 5.91 Å². The van der Waals surface area contributed by atoms with E-state index in [4.69, 9.17) is 16.3 Å². The van der Waals surface area contributed by atoms with Gasteiger partial charge in [0.05, 0.1) is 11.1 Å². The summed E-state index contributed by atoms with van der Waals surface area (Å²) < 4.78 is 53.3. The Morgan fingerprint density at radius 3 is 2.76 bits per heavy atom. The van der Waals surface area contributed by atoms with E-state index >= 15 is 0 Å². The molecule has 1 aliphatic rings. The van der Waals surface area contributed by atoms with E-state index in [0.717, 1.165) is 25.6 Å². The number of hydrogen-bond donors (Lipinski definition) is 3. The molecule has 1 aliphatic carbocycles. The van der Waals surface area contributed by atoms with Gasteiger partial charge in [-0.15, -0.1) is 5.10 Å². The summed E-state index contributed by atoms with van der Waals surface area (Å²) in [4.78, 5) is 38.8. The lowest BCUT2D eigenvalue weighted by Crippen LogP contribution is -2.28. The van der Waals surface area contributed by atoms with Crippen LogP contribution in [0.5, 0.6) is 0 Å². The molecule has 2 amide bonds. The zero-order chi connectivity index (χ0) is 26.7. The Morgan fingerprint density at radius 1 is 1.27 bits per heavy atom. The molecule has 196 valence electrons. The van der Waals surface area contributed by atoms with Gasteiger partial charge in [-0.05, 0) is 48.7 Å². The number of phosphoric acid groups is 1. The number of phosphoric ester groups is 1. The van der Waals surface area contributed by atoms with Crippen LogP contribution in [-0.2, 0) is 26.9 Å². The monoisotopic (exact) mass is 557 g/mol. The molecule has 0 radical (unpaired) electrons. The van der Waals surface area contributed by atoms with Crippen LogP contribution in [0, 0.1) is 11.6 Å². The van der Waals surface area contributed by atoms with Crippen molar-refractivity contribution in [1.29, 1.82) is 0 Å². The summed E-state index contributed by atoms with van der Waals surface area (Å²) in [5.74, 6) is -1.85. The molecule has 0 saturated carbocycles. The van der Waals surface area contributed by atoms with E-state index in [1.807, 2.05) is 0 Å². The van der Waals surface area contributed by atoms with Crippen LogP contribution in [0.2, 0.25) is 5.02 Å². The molecule has 37 heavy (non-hydrogen) atoms. The van der Waals surface area contributed by atoms with Gasteiger partial charge in [-0.3, -0.25) is 18.8 Å². The standard InChI is InChI=1S/C21H19ClF2N5O7P/c1-34-37(32,33)36-29-10-25-18(28-29)9-35-21(31)27-17-7-4-12-13(3-6-16(24)19(12)17)20(30)26-11-2-5-15(23)14(22)8-11/h2-3,5-6,8,10,17H,4,7,9H2,1H3,(H,26,30)(H,27,31)(H,32,33)/t17-/m0/s1. The quantitative estimate of drug-likeness (QED) is 0.353. The van der Waals surface area contributed by atoms with E-state index < -0.39 is 44.1 Å². The topological polar surface area (TPSA) is 154 Å². The summed E-state index contributed by atoms with van der Waals surface area (Å²) in [7, 11) is -3.39. The fraction of sp³-hybridized carbons (Fsp3) is 0.238. The minimum atomic E-state index is -4.36. The predicted molar refractivity (Wildman–Crippen MR) is 124 cm³/mol. The minimum Gasteiger partial charge on any atom is -0.441 e. The van der Waals surface area contributed by atoms with Crippen LogP contribution in [0.3, 0.4) is 0 Å². The maximum atomic E-state index is 14.7. The molecule has 0 bridgehead atoms. The molecule has 1 heterocycles. The van der Waals surface area contributed by atoms with Gasteiger partial charge in [-0.2, -0.15) is 0 Å². The third-order valence-corrected chi connectivity index (χ3v) is 6.44. The van der Waals surface area contributed by atoms with Crippen molar-refractivity contribution in [3.8, 4) is 0 Å². The molecule has 0 fully saturated rings. The predicted octanol–water partition coefficient (Wildman–Crippen LogP) is 3.55. The van der Waals surface area contributed by atoms with E-state index in [2.05, 4.69) is 29.9 Å². The van der Waals surface area contributed by atoms with Crippen LogP contribution in [0.1, 0.15) is 39.8 Å². The van der Waals surface area contributed by atoms with Gasteiger partial charge in [-0.25, -0.2) is 23.1 Å². The van der Waals surface area contributed by atoms with Crippen LogP contribution in [0.25, 0.3) is 0 Å². The second-order valence-corrected chi connectivity index (χ2v) is 9.55.